The van der Waals surface area contributed by atoms with Crippen molar-refractivity contribution in [2.24, 2.45) is 7.05 Å². The topological polar surface area (TPSA) is 125 Å². The van der Waals surface area contributed by atoms with E-state index in [4.69, 9.17) is 15.1 Å². The molecule has 0 saturated heterocycles. The van der Waals surface area contributed by atoms with Crippen LogP contribution in [0.2, 0.25) is 0 Å². The van der Waals surface area contributed by atoms with E-state index in [0.717, 1.165) is 0 Å². The van der Waals surface area contributed by atoms with Gasteiger partial charge in [0.1, 0.15) is 5.82 Å². The molecule has 0 fully saturated rings. The predicted octanol–water partition coefficient (Wildman–Crippen LogP) is 3.51. The monoisotopic (exact) mass is 483 g/mol. The van der Waals surface area contributed by atoms with Gasteiger partial charge >= 0.3 is 5.97 Å². The molecular formula is C25H30FN5O4. The van der Waals surface area contributed by atoms with Crippen molar-refractivity contribution in [3.8, 4) is 11.3 Å². The van der Waals surface area contributed by atoms with Gasteiger partial charge in [0.2, 0.25) is 5.95 Å². The standard InChI is InChI=1S/C25H30FN5O4/c1-15(2)23-20(10-9-18(32)13-19(33)14-22(34)35)24(16-5-7-17(26)8-6-16)28-25(27-23)31(4)21-11-12-30(3)29-21/h5-12,15,18-19,32-33H,13-14H2,1-4H3,(H,34,35)/b10-9+/t18-,19-/m1/s1. The second-order valence-corrected chi connectivity index (χ2v) is 8.65. The van der Waals surface area contributed by atoms with E-state index in [0.29, 0.717) is 34.3 Å². The van der Waals surface area contributed by atoms with E-state index in [1.165, 1.54) is 18.2 Å². The molecule has 0 radical (unpaired) electrons. The Morgan fingerprint density at radius 1 is 1.17 bits per heavy atom. The number of halogens is 1. The number of anilines is 2. The Kier molecular flexibility index (Phi) is 8.31. The number of benzene rings is 1. The second-order valence-electron chi connectivity index (χ2n) is 8.65. The maximum absolute atomic E-state index is 13.6. The van der Waals surface area contributed by atoms with Crippen LogP contribution in [-0.4, -0.2) is 60.3 Å². The highest BCUT2D eigenvalue weighted by atomic mass is 19.1. The number of hydrogen-bond acceptors (Lipinski definition) is 7. The molecule has 3 aromatic rings. The number of aliphatic hydroxyl groups is 2. The van der Waals surface area contributed by atoms with Gasteiger partial charge in [-0.15, -0.1) is 0 Å². The summed E-state index contributed by atoms with van der Waals surface area (Å²) in [5.74, 6) is -0.491. The highest BCUT2D eigenvalue weighted by molar-refractivity contribution is 5.75. The molecule has 2 atom stereocenters. The lowest BCUT2D eigenvalue weighted by atomic mass is 9.97. The number of aliphatic carboxylic acids is 1. The molecule has 0 spiro atoms. The van der Waals surface area contributed by atoms with Crippen LogP contribution in [0, 0.1) is 5.82 Å². The minimum atomic E-state index is -1.18. The molecule has 3 rings (SSSR count). The molecule has 2 aromatic heterocycles. The molecule has 3 N–H and O–H groups in total. The average Bonchev–Trinajstić information content (AvgIpc) is 3.22. The highest BCUT2D eigenvalue weighted by Crippen LogP contribution is 2.32. The largest absolute Gasteiger partial charge is 0.481 e. The summed E-state index contributed by atoms with van der Waals surface area (Å²) in [4.78, 5) is 22.1. The molecule has 0 bridgehead atoms. The fraction of sp³-hybridized carbons (Fsp3) is 0.360. The Hall–Kier alpha value is -3.63. The first-order valence-electron chi connectivity index (χ1n) is 11.2. The first-order valence-corrected chi connectivity index (χ1v) is 11.2. The van der Waals surface area contributed by atoms with Crippen LogP contribution in [0.1, 0.15) is 43.9 Å². The lowest BCUT2D eigenvalue weighted by Crippen LogP contribution is -2.19. The zero-order valence-electron chi connectivity index (χ0n) is 20.1. The molecule has 0 aliphatic heterocycles. The maximum atomic E-state index is 13.6. The van der Waals surface area contributed by atoms with Crippen LogP contribution >= 0.6 is 0 Å². The number of hydrogen-bond donors (Lipinski definition) is 3. The summed E-state index contributed by atoms with van der Waals surface area (Å²) in [5.41, 5.74) is 2.53. The van der Waals surface area contributed by atoms with Crippen LogP contribution in [0.15, 0.2) is 42.6 Å². The van der Waals surface area contributed by atoms with Crippen molar-refractivity contribution >= 4 is 23.8 Å². The molecule has 9 nitrogen and oxygen atoms in total. The molecule has 0 amide bonds. The summed E-state index contributed by atoms with van der Waals surface area (Å²) in [5, 5.41) is 33.4. The minimum absolute atomic E-state index is 0.0255. The third-order valence-corrected chi connectivity index (χ3v) is 5.38. The van der Waals surface area contributed by atoms with Crippen molar-refractivity contribution in [1.29, 1.82) is 0 Å². The van der Waals surface area contributed by atoms with Crippen molar-refractivity contribution in [3.05, 3.63) is 59.7 Å². The first-order chi connectivity index (χ1) is 16.5. The normalized spacial score (nSPS) is 13.4. The van der Waals surface area contributed by atoms with Crippen LogP contribution < -0.4 is 4.90 Å². The van der Waals surface area contributed by atoms with Gasteiger partial charge in [0.05, 0.1) is 30.0 Å². The van der Waals surface area contributed by atoms with Gasteiger partial charge in [0.25, 0.3) is 0 Å². The van der Waals surface area contributed by atoms with Crippen molar-refractivity contribution in [3.63, 3.8) is 0 Å². The van der Waals surface area contributed by atoms with Crippen LogP contribution in [0.3, 0.4) is 0 Å². The molecule has 0 aliphatic rings. The first kappa shape index (κ1) is 26.0. The lowest BCUT2D eigenvalue weighted by molar-refractivity contribution is -0.139. The third kappa shape index (κ3) is 6.71. The number of carboxylic acids is 1. The Bertz CT molecular complexity index is 1190. The number of aromatic nitrogens is 4. The van der Waals surface area contributed by atoms with Crippen molar-refractivity contribution < 1.29 is 24.5 Å². The number of carbonyl (C=O) groups is 1. The highest BCUT2D eigenvalue weighted by Gasteiger charge is 2.21. The van der Waals surface area contributed by atoms with Gasteiger partial charge in [-0.3, -0.25) is 14.4 Å². The van der Waals surface area contributed by atoms with Gasteiger partial charge in [-0.25, -0.2) is 14.4 Å². The van der Waals surface area contributed by atoms with Crippen LogP contribution in [0.4, 0.5) is 16.2 Å². The number of aliphatic hydroxyl groups excluding tert-OH is 2. The fourth-order valence-electron chi connectivity index (χ4n) is 3.59. The van der Waals surface area contributed by atoms with Crippen molar-refractivity contribution in [2.75, 3.05) is 11.9 Å². The third-order valence-electron chi connectivity index (χ3n) is 5.38. The Morgan fingerprint density at radius 3 is 2.43 bits per heavy atom. The molecule has 2 heterocycles. The summed E-state index contributed by atoms with van der Waals surface area (Å²) in [6, 6.07) is 7.77. The maximum Gasteiger partial charge on any atom is 0.305 e. The number of rotatable bonds is 10. The summed E-state index contributed by atoms with van der Waals surface area (Å²) in [6.45, 7) is 3.96. The van der Waals surface area contributed by atoms with Crippen molar-refractivity contribution in [1.82, 2.24) is 19.7 Å². The second kappa shape index (κ2) is 11.2. The zero-order valence-corrected chi connectivity index (χ0v) is 20.1. The molecule has 186 valence electrons. The summed E-state index contributed by atoms with van der Waals surface area (Å²) >= 11 is 0. The molecule has 0 aliphatic carbocycles. The average molecular weight is 484 g/mol. The van der Waals surface area contributed by atoms with Crippen LogP contribution in [-0.2, 0) is 11.8 Å². The van der Waals surface area contributed by atoms with Gasteiger partial charge in [-0.05, 0) is 30.2 Å². The van der Waals surface area contributed by atoms with E-state index in [9.17, 15) is 19.4 Å². The molecular weight excluding hydrogens is 453 g/mol. The summed E-state index contributed by atoms with van der Waals surface area (Å²) in [7, 11) is 3.62. The smallest absolute Gasteiger partial charge is 0.305 e. The number of carboxylic acid groups (broad SMARTS) is 1. The van der Waals surface area contributed by atoms with E-state index >= 15 is 0 Å². The van der Waals surface area contributed by atoms with E-state index in [1.807, 2.05) is 33.2 Å². The van der Waals surface area contributed by atoms with Crippen LogP contribution in [0.5, 0.6) is 0 Å². The quantitative estimate of drug-likeness (QED) is 0.400. The summed E-state index contributed by atoms with van der Waals surface area (Å²) in [6.07, 6.45) is 2.10. The fourth-order valence-corrected chi connectivity index (χ4v) is 3.59. The SMILES string of the molecule is CC(C)c1nc(N(C)c2ccn(C)n2)nc(-c2ccc(F)cc2)c1/C=C/[C@@H](O)C[C@@H](O)CC(=O)O. The van der Waals surface area contributed by atoms with Crippen LogP contribution in [0.25, 0.3) is 17.3 Å². The van der Waals surface area contributed by atoms with E-state index in [1.54, 1.807) is 34.8 Å². The number of aryl methyl sites for hydroxylation is 1. The van der Waals surface area contributed by atoms with E-state index in [2.05, 4.69) is 5.10 Å². The Morgan fingerprint density at radius 2 is 1.86 bits per heavy atom. The number of nitrogens with zero attached hydrogens (tertiary/aromatic N) is 5. The lowest BCUT2D eigenvalue weighted by Gasteiger charge is -2.20. The Labute approximate surface area is 203 Å². The van der Waals surface area contributed by atoms with E-state index < -0.39 is 24.6 Å². The van der Waals surface area contributed by atoms with Gasteiger partial charge in [0.15, 0.2) is 5.82 Å². The molecule has 0 saturated carbocycles. The van der Waals surface area contributed by atoms with Crippen molar-refractivity contribution in [2.45, 2.75) is 44.8 Å². The minimum Gasteiger partial charge on any atom is -0.481 e. The van der Waals surface area contributed by atoms with Gasteiger partial charge in [-0.2, -0.15) is 5.10 Å². The Balaban J connectivity index is 2.08. The van der Waals surface area contributed by atoms with Gasteiger partial charge in [0, 0.05) is 43.9 Å². The summed E-state index contributed by atoms with van der Waals surface area (Å²) < 4.78 is 15.3. The molecule has 1 aromatic carbocycles. The zero-order chi connectivity index (χ0) is 25.7. The molecule has 10 heteroatoms. The van der Waals surface area contributed by atoms with Gasteiger partial charge < -0.3 is 15.3 Å². The predicted molar refractivity (Wildman–Crippen MR) is 131 cm³/mol. The van der Waals surface area contributed by atoms with Gasteiger partial charge in [-0.1, -0.05) is 26.0 Å². The van der Waals surface area contributed by atoms with E-state index in [-0.39, 0.29) is 18.2 Å². The molecule has 0 unspecified atom stereocenters. The molecule has 35 heavy (non-hydrogen) atoms.